The van der Waals surface area contributed by atoms with Crippen molar-refractivity contribution in [3.63, 3.8) is 0 Å². The minimum absolute atomic E-state index is 0.0607. The molecule has 1 aliphatic heterocycles. The molecule has 122 valence electrons. The second kappa shape index (κ2) is 5.96. The van der Waals surface area contributed by atoms with E-state index in [2.05, 4.69) is 22.0 Å². The van der Waals surface area contributed by atoms with Crippen LogP contribution in [0.1, 0.15) is 18.4 Å². The fraction of sp³-hybridized carbons (Fsp3) is 0.278. The van der Waals surface area contributed by atoms with E-state index < -0.39 is 0 Å². The fourth-order valence-electron chi connectivity index (χ4n) is 3.55. The molecule has 4 rings (SSSR count). The van der Waals surface area contributed by atoms with Gasteiger partial charge in [-0.2, -0.15) is 9.38 Å². The molecule has 24 heavy (non-hydrogen) atoms. The van der Waals surface area contributed by atoms with Gasteiger partial charge in [-0.05, 0) is 35.8 Å². The largest absolute Gasteiger partial charge is 0.372 e. The van der Waals surface area contributed by atoms with Crippen LogP contribution in [0.4, 0.5) is 11.6 Å². The van der Waals surface area contributed by atoms with Gasteiger partial charge in [-0.3, -0.25) is 0 Å². The molecule has 1 fully saturated rings. The van der Waals surface area contributed by atoms with Gasteiger partial charge in [0.25, 0.3) is 0 Å². The number of hydrogen-bond donors (Lipinski definition) is 0. The van der Waals surface area contributed by atoms with Crippen molar-refractivity contribution in [1.29, 1.82) is 0 Å². The van der Waals surface area contributed by atoms with E-state index in [0.29, 0.717) is 11.5 Å². The van der Waals surface area contributed by atoms with Gasteiger partial charge < -0.3 is 15.0 Å². The maximum Gasteiger partial charge on any atom is 0.372 e. The first kappa shape index (κ1) is 14.7. The zero-order valence-electron chi connectivity index (χ0n) is 13.2. The van der Waals surface area contributed by atoms with Crippen LogP contribution in [0.5, 0.6) is 0 Å². The van der Waals surface area contributed by atoms with Gasteiger partial charge >= 0.3 is 5.82 Å². The summed E-state index contributed by atoms with van der Waals surface area (Å²) in [5.74, 6) is 0.551. The lowest BCUT2D eigenvalue weighted by Crippen LogP contribution is -2.31. The van der Waals surface area contributed by atoms with Gasteiger partial charge in [-0.15, -0.1) is 0 Å². The molecule has 0 unspecified atom stereocenters. The van der Waals surface area contributed by atoms with Gasteiger partial charge in [0.2, 0.25) is 11.5 Å². The van der Waals surface area contributed by atoms with Crippen LogP contribution in [-0.4, -0.2) is 26.9 Å². The van der Waals surface area contributed by atoms with Crippen LogP contribution < -0.4 is 4.90 Å². The molecule has 0 amide bonds. The summed E-state index contributed by atoms with van der Waals surface area (Å²) in [5, 5.41) is 11.6. The number of pyridine rings is 1. The summed E-state index contributed by atoms with van der Waals surface area (Å²) in [4.78, 5) is 18.0. The van der Waals surface area contributed by atoms with Crippen molar-refractivity contribution in [1.82, 2.24) is 9.38 Å². The number of aromatic nitrogens is 2. The Balaban J connectivity index is 1.73. The van der Waals surface area contributed by atoms with Gasteiger partial charge in [0.05, 0.1) is 6.20 Å². The third-order valence-corrected chi connectivity index (χ3v) is 4.62. The molecule has 1 aromatic carbocycles. The van der Waals surface area contributed by atoms with E-state index in [1.165, 1.54) is 5.56 Å². The maximum atomic E-state index is 11.6. The van der Waals surface area contributed by atoms with Crippen LogP contribution in [0, 0.1) is 10.1 Å². The van der Waals surface area contributed by atoms with E-state index >= 15 is 0 Å². The van der Waals surface area contributed by atoms with Crippen molar-refractivity contribution in [3.8, 4) is 0 Å². The highest BCUT2D eigenvalue weighted by atomic mass is 16.6. The second-order valence-electron chi connectivity index (χ2n) is 6.12. The first-order chi connectivity index (χ1) is 11.7. The Morgan fingerprint density at radius 3 is 2.75 bits per heavy atom. The summed E-state index contributed by atoms with van der Waals surface area (Å²) in [5.41, 5.74) is 1.87. The van der Waals surface area contributed by atoms with Crippen LogP contribution in [0.15, 0.2) is 54.7 Å². The van der Waals surface area contributed by atoms with Crippen LogP contribution in [-0.2, 0) is 6.42 Å². The quantitative estimate of drug-likeness (QED) is 0.545. The molecule has 1 saturated heterocycles. The highest BCUT2D eigenvalue weighted by molar-refractivity contribution is 5.64. The summed E-state index contributed by atoms with van der Waals surface area (Å²) in [6, 6.07) is 16.0. The van der Waals surface area contributed by atoms with Gasteiger partial charge in [0, 0.05) is 18.7 Å². The SMILES string of the molecule is O=[N+]([O-])c1c(N2CCC[C@@H]2Cc2ccccc2)nc2ccccn12. The molecule has 0 saturated carbocycles. The van der Waals surface area contributed by atoms with E-state index in [1.807, 2.05) is 24.3 Å². The van der Waals surface area contributed by atoms with Crippen molar-refractivity contribution in [2.75, 3.05) is 11.4 Å². The Labute approximate surface area is 139 Å². The summed E-state index contributed by atoms with van der Waals surface area (Å²) < 4.78 is 1.56. The Hall–Kier alpha value is -2.89. The first-order valence-electron chi connectivity index (χ1n) is 8.16. The molecule has 0 N–H and O–H groups in total. The number of nitrogens with zero attached hydrogens (tertiary/aromatic N) is 4. The summed E-state index contributed by atoms with van der Waals surface area (Å²) in [7, 11) is 0. The number of anilines is 1. The molecule has 0 radical (unpaired) electrons. The predicted molar refractivity (Wildman–Crippen MR) is 92.4 cm³/mol. The first-order valence-corrected chi connectivity index (χ1v) is 8.16. The van der Waals surface area contributed by atoms with Gasteiger partial charge in [-0.25, -0.2) is 0 Å². The van der Waals surface area contributed by atoms with Crippen molar-refractivity contribution >= 4 is 17.3 Å². The van der Waals surface area contributed by atoms with Crippen molar-refractivity contribution in [2.45, 2.75) is 25.3 Å². The van der Waals surface area contributed by atoms with Crippen LogP contribution in [0.25, 0.3) is 5.65 Å². The van der Waals surface area contributed by atoms with E-state index in [1.54, 1.807) is 22.7 Å². The third kappa shape index (κ3) is 2.50. The van der Waals surface area contributed by atoms with Crippen molar-refractivity contribution in [3.05, 3.63) is 70.4 Å². The number of benzene rings is 1. The molecule has 0 spiro atoms. The second-order valence-corrected chi connectivity index (χ2v) is 6.12. The molecule has 0 aliphatic carbocycles. The van der Waals surface area contributed by atoms with Crippen LogP contribution in [0.3, 0.4) is 0 Å². The molecular formula is C18H18N4O2. The normalized spacial score (nSPS) is 17.5. The molecule has 2 aromatic heterocycles. The number of fused-ring (bicyclic) bond motifs is 1. The molecule has 6 heteroatoms. The Kier molecular flexibility index (Phi) is 3.65. The number of hydrogen-bond acceptors (Lipinski definition) is 4. The van der Waals surface area contributed by atoms with E-state index in [0.717, 1.165) is 25.8 Å². The Morgan fingerprint density at radius 1 is 1.17 bits per heavy atom. The van der Waals surface area contributed by atoms with Gasteiger partial charge in [0.1, 0.15) is 0 Å². The predicted octanol–water partition coefficient (Wildman–Crippen LogP) is 3.45. The average Bonchev–Trinajstić information content (AvgIpc) is 3.19. The highest BCUT2D eigenvalue weighted by Crippen LogP contribution is 2.34. The van der Waals surface area contributed by atoms with Gasteiger partial charge in [-0.1, -0.05) is 36.4 Å². The molecule has 6 nitrogen and oxygen atoms in total. The lowest BCUT2D eigenvalue weighted by Gasteiger charge is -2.24. The minimum atomic E-state index is -0.326. The van der Waals surface area contributed by atoms with E-state index in [4.69, 9.17) is 0 Å². The lowest BCUT2D eigenvalue weighted by atomic mass is 10.0. The molecule has 3 aromatic rings. The van der Waals surface area contributed by atoms with Crippen LogP contribution >= 0.6 is 0 Å². The lowest BCUT2D eigenvalue weighted by molar-refractivity contribution is -0.389. The summed E-state index contributed by atoms with van der Waals surface area (Å²) in [6.07, 6.45) is 4.64. The number of rotatable bonds is 4. The molecular weight excluding hydrogens is 304 g/mol. The fourth-order valence-corrected chi connectivity index (χ4v) is 3.55. The summed E-state index contributed by atoms with van der Waals surface area (Å²) >= 11 is 0. The molecule has 0 bridgehead atoms. The molecule has 1 atom stereocenters. The number of imidazole rings is 1. The number of nitro groups is 1. The monoisotopic (exact) mass is 322 g/mol. The molecule has 3 heterocycles. The highest BCUT2D eigenvalue weighted by Gasteiger charge is 2.33. The zero-order valence-corrected chi connectivity index (χ0v) is 13.2. The standard InChI is InChI=1S/C18H18N4O2/c23-22(24)18-17(19-16-10-4-5-11-21(16)18)20-12-6-9-15(20)13-14-7-2-1-3-8-14/h1-5,7-8,10-11,15H,6,9,12-13H2/t15-/m1/s1. The summed E-state index contributed by atoms with van der Waals surface area (Å²) in [6.45, 7) is 0.808. The molecule has 1 aliphatic rings. The Bertz CT molecular complexity index is 875. The van der Waals surface area contributed by atoms with Crippen molar-refractivity contribution < 1.29 is 4.92 Å². The third-order valence-electron chi connectivity index (χ3n) is 4.62. The smallest absolute Gasteiger partial charge is 0.358 e. The van der Waals surface area contributed by atoms with Crippen LogP contribution in [0.2, 0.25) is 0 Å². The van der Waals surface area contributed by atoms with Gasteiger partial charge in [0.15, 0.2) is 0 Å². The van der Waals surface area contributed by atoms with Crippen molar-refractivity contribution in [2.24, 2.45) is 0 Å². The zero-order chi connectivity index (χ0) is 16.5. The minimum Gasteiger partial charge on any atom is -0.358 e. The maximum absolute atomic E-state index is 11.6. The van der Waals surface area contributed by atoms with E-state index in [9.17, 15) is 10.1 Å². The Morgan fingerprint density at radius 2 is 1.96 bits per heavy atom. The topological polar surface area (TPSA) is 63.7 Å². The van der Waals surface area contributed by atoms with E-state index in [-0.39, 0.29) is 16.8 Å². The average molecular weight is 322 g/mol.